The fourth-order valence-electron chi connectivity index (χ4n) is 1.64. The Balaban J connectivity index is 0.00000180. The molecular weight excluding hydrogens is 288 g/mol. The van der Waals surface area contributed by atoms with Crippen LogP contribution >= 0.6 is 23.7 Å². The zero-order valence-corrected chi connectivity index (χ0v) is 12.4. The van der Waals surface area contributed by atoms with Gasteiger partial charge in [0, 0.05) is 25.0 Å². The number of aromatic nitrogens is 1. The number of amides is 1. The summed E-state index contributed by atoms with van der Waals surface area (Å²) in [6, 6.07) is -0.517. The van der Waals surface area contributed by atoms with E-state index in [1.807, 2.05) is 5.38 Å². The molecule has 1 atom stereocenters. The Bertz CT molecular complexity index is 407. The van der Waals surface area contributed by atoms with Gasteiger partial charge < -0.3 is 15.8 Å². The van der Waals surface area contributed by atoms with Crippen LogP contribution in [-0.4, -0.2) is 48.1 Å². The number of ether oxygens (including phenoxy) is 1. The van der Waals surface area contributed by atoms with Crippen LogP contribution in [0, 0.1) is 0 Å². The molecular formula is C11H19ClN4O2S. The molecule has 19 heavy (non-hydrogen) atoms. The molecule has 0 aliphatic carbocycles. The summed E-state index contributed by atoms with van der Waals surface area (Å²) >= 11 is 1.43. The molecule has 2 heterocycles. The molecule has 108 valence electrons. The molecule has 0 aromatic carbocycles. The Morgan fingerprint density at radius 2 is 2.32 bits per heavy atom. The summed E-state index contributed by atoms with van der Waals surface area (Å²) in [7, 11) is 0. The largest absolute Gasteiger partial charge is 0.379 e. The summed E-state index contributed by atoms with van der Waals surface area (Å²) in [4.78, 5) is 18.1. The van der Waals surface area contributed by atoms with Gasteiger partial charge in [-0.3, -0.25) is 9.69 Å². The van der Waals surface area contributed by atoms with E-state index in [1.54, 1.807) is 6.92 Å². The molecule has 0 bridgehead atoms. The number of nitrogens with one attached hydrogen (secondary N) is 1. The van der Waals surface area contributed by atoms with Crippen LogP contribution in [0.2, 0.25) is 0 Å². The normalized spacial score (nSPS) is 17.6. The van der Waals surface area contributed by atoms with Crippen molar-refractivity contribution in [1.29, 1.82) is 0 Å². The first kappa shape index (κ1) is 16.3. The maximum Gasteiger partial charge on any atom is 0.242 e. The number of hydrogen-bond donors (Lipinski definition) is 2. The van der Waals surface area contributed by atoms with Crippen LogP contribution in [0.5, 0.6) is 0 Å². The summed E-state index contributed by atoms with van der Waals surface area (Å²) in [5, 5.41) is 5.28. The number of halogens is 1. The maximum atomic E-state index is 11.4. The lowest BCUT2D eigenvalue weighted by atomic mass is 10.3. The highest BCUT2D eigenvalue weighted by atomic mass is 35.5. The van der Waals surface area contributed by atoms with Gasteiger partial charge in [0.2, 0.25) is 5.91 Å². The lowest BCUT2D eigenvalue weighted by molar-refractivity contribution is -0.117. The maximum absolute atomic E-state index is 11.4. The fourth-order valence-corrected chi connectivity index (χ4v) is 2.35. The van der Waals surface area contributed by atoms with Crippen molar-refractivity contribution < 1.29 is 9.53 Å². The van der Waals surface area contributed by atoms with E-state index in [9.17, 15) is 4.79 Å². The number of anilines is 1. The molecule has 1 aliphatic rings. The summed E-state index contributed by atoms with van der Waals surface area (Å²) in [5.41, 5.74) is 6.46. The van der Waals surface area contributed by atoms with Gasteiger partial charge >= 0.3 is 0 Å². The minimum absolute atomic E-state index is 0. The number of hydrogen-bond acceptors (Lipinski definition) is 6. The van der Waals surface area contributed by atoms with Gasteiger partial charge in [0.25, 0.3) is 0 Å². The lowest BCUT2D eigenvalue weighted by Gasteiger charge is -2.25. The van der Waals surface area contributed by atoms with Gasteiger partial charge in [-0.05, 0) is 6.92 Å². The van der Waals surface area contributed by atoms with Gasteiger partial charge in [0.1, 0.15) is 0 Å². The van der Waals surface area contributed by atoms with Gasteiger partial charge in [-0.15, -0.1) is 23.7 Å². The molecule has 0 spiro atoms. The van der Waals surface area contributed by atoms with E-state index in [-0.39, 0.29) is 18.3 Å². The Kier molecular flexibility index (Phi) is 6.67. The van der Waals surface area contributed by atoms with Crippen molar-refractivity contribution in [1.82, 2.24) is 9.88 Å². The Hall–Kier alpha value is -0.730. The van der Waals surface area contributed by atoms with E-state index < -0.39 is 6.04 Å². The quantitative estimate of drug-likeness (QED) is 0.855. The second-order valence-corrected chi connectivity index (χ2v) is 5.17. The number of carbonyl (C=O) groups excluding carboxylic acids is 1. The van der Waals surface area contributed by atoms with Gasteiger partial charge in [-0.25, -0.2) is 4.98 Å². The van der Waals surface area contributed by atoms with Crippen LogP contribution in [0.25, 0.3) is 0 Å². The topological polar surface area (TPSA) is 80.5 Å². The van der Waals surface area contributed by atoms with Crippen molar-refractivity contribution in [2.24, 2.45) is 5.73 Å². The molecule has 3 N–H and O–H groups in total. The van der Waals surface area contributed by atoms with Crippen LogP contribution in [0.3, 0.4) is 0 Å². The molecule has 0 radical (unpaired) electrons. The Morgan fingerprint density at radius 3 is 2.95 bits per heavy atom. The van der Waals surface area contributed by atoms with E-state index in [0.29, 0.717) is 5.13 Å². The molecule has 0 saturated carbocycles. The van der Waals surface area contributed by atoms with Crippen molar-refractivity contribution in [2.45, 2.75) is 19.5 Å². The number of carbonyl (C=O) groups is 1. The van der Waals surface area contributed by atoms with Crippen LogP contribution < -0.4 is 11.1 Å². The predicted molar refractivity (Wildman–Crippen MR) is 77.7 cm³/mol. The summed E-state index contributed by atoms with van der Waals surface area (Å²) in [5.74, 6) is -0.206. The third-order valence-electron chi connectivity index (χ3n) is 2.68. The summed E-state index contributed by atoms with van der Waals surface area (Å²) in [6.45, 7) is 5.86. The van der Waals surface area contributed by atoms with Crippen molar-refractivity contribution in [3.8, 4) is 0 Å². The highest BCUT2D eigenvalue weighted by molar-refractivity contribution is 7.13. The number of thiazole rings is 1. The van der Waals surface area contributed by atoms with E-state index in [2.05, 4.69) is 15.2 Å². The first-order valence-corrected chi connectivity index (χ1v) is 6.84. The second-order valence-electron chi connectivity index (χ2n) is 4.31. The standard InChI is InChI=1S/C11H18N4O2S.ClH/c1-8(12)10(16)14-11-13-9(7-18-11)6-15-2-4-17-5-3-15;/h7-8H,2-6,12H2,1H3,(H,13,14,16);1H. The highest BCUT2D eigenvalue weighted by Gasteiger charge is 2.14. The van der Waals surface area contributed by atoms with E-state index in [4.69, 9.17) is 10.5 Å². The van der Waals surface area contributed by atoms with E-state index >= 15 is 0 Å². The van der Waals surface area contributed by atoms with E-state index in [0.717, 1.165) is 38.5 Å². The second kappa shape index (κ2) is 7.76. The molecule has 1 aromatic heterocycles. The van der Waals surface area contributed by atoms with Gasteiger partial charge in [0.05, 0.1) is 24.9 Å². The van der Waals surface area contributed by atoms with Crippen molar-refractivity contribution >= 4 is 34.8 Å². The third kappa shape index (κ3) is 5.04. The minimum atomic E-state index is -0.517. The van der Waals surface area contributed by atoms with Gasteiger partial charge in [0.15, 0.2) is 5.13 Å². The van der Waals surface area contributed by atoms with Gasteiger partial charge in [-0.1, -0.05) is 0 Å². The molecule has 1 unspecified atom stereocenters. The SMILES string of the molecule is CC(N)C(=O)Nc1nc(CN2CCOCC2)cs1.Cl. The molecule has 1 aliphatic heterocycles. The third-order valence-corrected chi connectivity index (χ3v) is 3.49. The van der Waals surface area contributed by atoms with Crippen molar-refractivity contribution in [3.05, 3.63) is 11.1 Å². The van der Waals surface area contributed by atoms with Gasteiger partial charge in [-0.2, -0.15) is 0 Å². The Labute approximate surface area is 122 Å². The molecule has 1 amide bonds. The van der Waals surface area contributed by atoms with Crippen molar-refractivity contribution in [2.75, 3.05) is 31.6 Å². The van der Waals surface area contributed by atoms with Crippen LogP contribution in [0.15, 0.2) is 5.38 Å². The van der Waals surface area contributed by atoms with Crippen LogP contribution in [0.1, 0.15) is 12.6 Å². The lowest BCUT2D eigenvalue weighted by Crippen LogP contribution is -2.35. The number of morpholine rings is 1. The smallest absolute Gasteiger partial charge is 0.242 e. The first-order valence-electron chi connectivity index (χ1n) is 5.96. The molecule has 6 nitrogen and oxygen atoms in total. The van der Waals surface area contributed by atoms with Crippen molar-refractivity contribution in [3.63, 3.8) is 0 Å². The highest BCUT2D eigenvalue weighted by Crippen LogP contribution is 2.17. The molecule has 1 saturated heterocycles. The van der Waals surface area contributed by atoms with E-state index in [1.165, 1.54) is 11.3 Å². The molecule has 1 aromatic rings. The molecule has 8 heteroatoms. The zero-order chi connectivity index (χ0) is 13.0. The Morgan fingerprint density at radius 1 is 1.63 bits per heavy atom. The predicted octanol–water partition coefficient (Wildman–Crippen LogP) is 0.683. The average molecular weight is 307 g/mol. The monoisotopic (exact) mass is 306 g/mol. The van der Waals surface area contributed by atoms with Crippen LogP contribution in [-0.2, 0) is 16.1 Å². The zero-order valence-electron chi connectivity index (χ0n) is 10.8. The molecule has 1 fully saturated rings. The first-order chi connectivity index (χ1) is 8.65. The number of nitrogens with zero attached hydrogens (tertiary/aromatic N) is 2. The average Bonchev–Trinajstić information content (AvgIpc) is 2.77. The summed E-state index contributed by atoms with van der Waals surface area (Å²) < 4.78 is 5.29. The number of nitrogens with two attached hydrogens (primary N) is 1. The fraction of sp³-hybridized carbons (Fsp3) is 0.636. The molecule has 2 rings (SSSR count). The number of rotatable bonds is 4. The summed E-state index contributed by atoms with van der Waals surface area (Å²) in [6.07, 6.45) is 0. The van der Waals surface area contributed by atoms with Crippen LogP contribution in [0.4, 0.5) is 5.13 Å². The minimum Gasteiger partial charge on any atom is -0.379 e.